The molecule has 0 aliphatic heterocycles. The fourth-order valence-electron chi connectivity index (χ4n) is 1.61. The number of aryl methyl sites for hydroxylation is 1. The molecule has 0 aliphatic carbocycles. The van der Waals surface area contributed by atoms with Gasteiger partial charge in [0.1, 0.15) is 11.6 Å². The van der Waals surface area contributed by atoms with Crippen molar-refractivity contribution >= 4 is 11.6 Å². The molecule has 0 aromatic carbocycles. The molecule has 0 amide bonds. The molecule has 2 aromatic rings. The smallest absolute Gasteiger partial charge is 0.364 e. The van der Waals surface area contributed by atoms with Crippen LogP contribution in [0.4, 0.5) is 24.8 Å². The van der Waals surface area contributed by atoms with Gasteiger partial charge in [0.25, 0.3) is 0 Å². The maximum absolute atomic E-state index is 12.7. The zero-order chi connectivity index (χ0) is 14.8. The zero-order valence-corrected chi connectivity index (χ0v) is 10.6. The number of halogens is 3. The van der Waals surface area contributed by atoms with Gasteiger partial charge in [-0.05, 0) is 18.2 Å². The molecule has 0 bridgehead atoms. The first-order valence-corrected chi connectivity index (χ1v) is 5.67. The van der Waals surface area contributed by atoms with Gasteiger partial charge in [-0.2, -0.15) is 18.3 Å². The number of alkyl halides is 3. The quantitative estimate of drug-likeness (QED) is 0.589. The van der Waals surface area contributed by atoms with Crippen LogP contribution in [0.2, 0.25) is 0 Å². The predicted molar refractivity (Wildman–Crippen MR) is 67.6 cm³/mol. The third-order valence-corrected chi connectivity index (χ3v) is 2.67. The van der Waals surface area contributed by atoms with Crippen LogP contribution in [0.25, 0.3) is 0 Å². The van der Waals surface area contributed by atoms with Gasteiger partial charge in [-0.25, -0.2) is 10.8 Å². The van der Waals surface area contributed by atoms with E-state index in [0.29, 0.717) is 6.54 Å². The van der Waals surface area contributed by atoms with E-state index < -0.39 is 11.7 Å². The molecule has 0 fully saturated rings. The number of hydrogen-bond acceptors (Lipinski definition) is 5. The fourth-order valence-corrected chi connectivity index (χ4v) is 1.61. The molecule has 2 heterocycles. The Hall–Kier alpha value is -2.29. The van der Waals surface area contributed by atoms with Crippen molar-refractivity contribution < 1.29 is 13.2 Å². The lowest BCUT2D eigenvalue weighted by atomic mass is 10.2. The van der Waals surface area contributed by atoms with E-state index in [1.54, 1.807) is 24.0 Å². The molecule has 6 nitrogen and oxygen atoms in total. The molecule has 0 unspecified atom stereocenters. The molecule has 4 N–H and O–H groups in total. The molecule has 0 radical (unpaired) electrons. The lowest BCUT2D eigenvalue weighted by Crippen LogP contribution is -2.14. The van der Waals surface area contributed by atoms with Gasteiger partial charge in [0.05, 0.1) is 17.8 Å². The van der Waals surface area contributed by atoms with E-state index in [-0.39, 0.29) is 11.6 Å². The van der Waals surface area contributed by atoms with Crippen molar-refractivity contribution in [1.29, 1.82) is 0 Å². The van der Waals surface area contributed by atoms with Crippen molar-refractivity contribution in [3.8, 4) is 0 Å². The van der Waals surface area contributed by atoms with Crippen LogP contribution in [0, 0.1) is 0 Å². The summed E-state index contributed by atoms with van der Waals surface area (Å²) in [5.41, 5.74) is 2.10. The summed E-state index contributed by atoms with van der Waals surface area (Å²) in [6.07, 6.45) is -2.86. The van der Waals surface area contributed by atoms with Crippen LogP contribution in [0.3, 0.4) is 0 Å². The number of nitrogens with one attached hydrogen (secondary N) is 2. The lowest BCUT2D eigenvalue weighted by Gasteiger charge is -2.12. The Bertz CT molecular complexity index is 592. The van der Waals surface area contributed by atoms with Gasteiger partial charge in [-0.3, -0.25) is 4.68 Å². The maximum atomic E-state index is 12.7. The summed E-state index contributed by atoms with van der Waals surface area (Å²) in [7, 11) is 1.74. The Balaban J connectivity index is 2.21. The minimum Gasteiger partial charge on any atom is -0.364 e. The van der Waals surface area contributed by atoms with E-state index >= 15 is 0 Å². The number of nitrogen functional groups attached to an aromatic ring is 1. The van der Waals surface area contributed by atoms with E-state index in [9.17, 15) is 13.2 Å². The number of anilines is 2. The second kappa shape index (κ2) is 5.37. The molecule has 0 aliphatic rings. The SMILES string of the molecule is Cn1nccc1CNc1cc(C(F)(F)F)cc(NN)n1. The van der Waals surface area contributed by atoms with Crippen LogP contribution in [0.15, 0.2) is 24.4 Å². The predicted octanol–water partition coefficient (Wildman–Crippen LogP) is 1.73. The minimum absolute atomic E-state index is 0.0627. The standard InChI is InChI=1S/C11H13F3N6/c1-20-8(2-3-17-20)6-16-9-4-7(11(12,13)14)5-10(18-9)19-15/h2-5H,6,15H2,1H3,(H2,16,18,19). The average Bonchev–Trinajstić information content (AvgIpc) is 2.80. The molecule has 20 heavy (non-hydrogen) atoms. The number of pyridine rings is 1. The minimum atomic E-state index is -4.46. The van der Waals surface area contributed by atoms with Crippen molar-refractivity contribution in [2.24, 2.45) is 12.9 Å². The van der Waals surface area contributed by atoms with Gasteiger partial charge >= 0.3 is 6.18 Å². The average molecular weight is 286 g/mol. The monoisotopic (exact) mass is 286 g/mol. The number of rotatable bonds is 4. The Kier molecular flexibility index (Phi) is 3.79. The number of hydrazine groups is 1. The number of nitrogens with zero attached hydrogens (tertiary/aromatic N) is 3. The van der Waals surface area contributed by atoms with Gasteiger partial charge in [0.2, 0.25) is 0 Å². The van der Waals surface area contributed by atoms with Crippen LogP contribution in [0.1, 0.15) is 11.3 Å². The summed E-state index contributed by atoms with van der Waals surface area (Å²) >= 11 is 0. The molecule has 108 valence electrons. The van der Waals surface area contributed by atoms with E-state index in [2.05, 4.69) is 20.8 Å². The lowest BCUT2D eigenvalue weighted by molar-refractivity contribution is -0.137. The van der Waals surface area contributed by atoms with Crippen LogP contribution < -0.4 is 16.6 Å². The highest BCUT2D eigenvalue weighted by Crippen LogP contribution is 2.31. The summed E-state index contributed by atoms with van der Waals surface area (Å²) in [6, 6.07) is 3.52. The summed E-state index contributed by atoms with van der Waals surface area (Å²) < 4.78 is 39.8. The fraction of sp³-hybridized carbons (Fsp3) is 0.273. The number of nitrogens with two attached hydrogens (primary N) is 1. The summed E-state index contributed by atoms with van der Waals surface area (Å²) in [4.78, 5) is 3.92. The van der Waals surface area contributed by atoms with Gasteiger partial charge in [0, 0.05) is 13.2 Å². The molecule has 0 saturated heterocycles. The highest BCUT2D eigenvalue weighted by atomic mass is 19.4. The van der Waals surface area contributed by atoms with Crippen molar-refractivity contribution in [2.45, 2.75) is 12.7 Å². The third-order valence-electron chi connectivity index (χ3n) is 2.67. The first kappa shape index (κ1) is 14.1. The molecule has 0 saturated carbocycles. The van der Waals surface area contributed by atoms with Crippen LogP contribution in [0.5, 0.6) is 0 Å². The van der Waals surface area contributed by atoms with Crippen molar-refractivity contribution in [3.63, 3.8) is 0 Å². The molecule has 0 atom stereocenters. The van der Waals surface area contributed by atoms with Crippen LogP contribution in [-0.4, -0.2) is 14.8 Å². The maximum Gasteiger partial charge on any atom is 0.416 e. The van der Waals surface area contributed by atoms with Crippen molar-refractivity contribution in [1.82, 2.24) is 14.8 Å². The Morgan fingerprint density at radius 1 is 1.30 bits per heavy atom. The van der Waals surface area contributed by atoms with E-state index in [1.165, 1.54) is 0 Å². The second-order valence-corrected chi connectivity index (χ2v) is 4.07. The van der Waals surface area contributed by atoms with Gasteiger partial charge in [0.15, 0.2) is 0 Å². The first-order valence-electron chi connectivity index (χ1n) is 5.67. The van der Waals surface area contributed by atoms with Gasteiger partial charge < -0.3 is 10.7 Å². The molecule has 9 heteroatoms. The Morgan fingerprint density at radius 3 is 2.55 bits per heavy atom. The highest BCUT2D eigenvalue weighted by Gasteiger charge is 2.31. The number of aromatic nitrogens is 3. The van der Waals surface area contributed by atoms with Crippen molar-refractivity contribution in [3.05, 3.63) is 35.7 Å². The van der Waals surface area contributed by atoms with Gasteiger partial charge in [-0.1, -0.05) is 0 Å². The largest absolute Gasteiger partial charge is 0.416 e. The van der Waals surface area contributed by atoms with E-state index in [0.717, 1.165) is 17.8 Å². The molecule has 2 aromatic heterocycles. The summed E-state index contributed by atoms with van der Waals surface area (Å²) in [5, 5.41) is 6.77. The van der Waals surface area contributed by atoms with E-state index in [4.69, 9.17) is 5.84 Å². The highest BCUT2D eigenvalue weighted by molar-refractivity contribution is 5.49. The van der Waals surface area contributed by atoms with Crippen LogP contribution in [-0.2, 0) is 19.8 Å². The normalized spacial score (nSPS) is 11.4. The molecular weight excluding hydrogens is 273 g/mol. The molecule has 2 rings (SSSR count). The summed E-state index contributed by atoms with van der Waals surface area (Å²) in [5.74, 6) is 5.14. The Labute approximate surface area is 112 Å². The topological polar surface area (TPSA) is 80.8 Å². The van der Waals surface area contributed by atoms with Gasteiger partial charge in [-0.15, -0.1) is 0 Å². The molecular formula is C11H13F3N6. The Morgan fingerprint density at radius 2 is 2.00 bits per heavy atom. The number of hydrogen-bond donors (Lipinski definition) is 3. The molecule has 0 spiro atoms. The van der Waals surface area contributed by atoms with Crippen LogP contribution >= 0.6 is 0 Å². The third kappa shape index (κ3) is 3.18. The van der Waals surface area contributed by atoms with Crippen molar-refractivity contribution in [2.75, 3.05) is 10.7 Å². The van der Waals surface area contributed by atoms with E-state index in [1.807, 2.05) is 0 Å². The first-order chi connectivity index (χ1) is 9.40. The zero-order valence-electron chi connectivity index (χ0n) is 10.6. The second-order valence-electron chi connectivity index (χ2n) is 4.07. The summed E-state index contributed by atoms with van der Waals surface area (Å²) in [6.45, 7) is 0.300.